The van der Waals surface area contributed by atoms with Gasteiger partial charge in [0.1, 0.15) is 5.60 Å². The van der Waals surface area contributed by atoms with E-state index in [1.54, 1.807) is 6.92 Å². The van der Waals surface area contributed by atoms with Crippen LogP contribution in [-0.4, -0.2) is 16.2 Å². The summed E-state index contributed by atoms with van der Waals surface area (Å²) >= 11 is 0. The molecule has 3 nitrogen and oxygen atoms in total. The van der Waals surface area contributed by atoms with Crippen LogP contribution in [0.15, 0.2) is 42.5 Å². The number of aliphatic carboxylic acids is 1. The summed E-state index contributed by atoms with van der Waals surface area (Å²) in [7, 11) is 0. The molecule has 0 spiro atoms. The lowest BCUT2D eigenvalue weighted by atomic mass is 9.78. The molecular formula is C18H22O3. The Labute approximate surface area is 125 Å². The van der Waals surface area contributed by atoms with E-state index in [0.29, 0.717) is 12.0 Å². The first-order chi connectivity index (χ1) is 9.98. The van der Waals surface area contributed by atoms with Gasteiger partial charge < -0.3 is 10.2 Å². The molecule has 0 heterocycles. The van der Waals surface area contributed by atoms with Crippen LogP contribution in [0.5, 0.6) is 0 Å². The van der Waals surface area contributed by atoms with Crippen LogP contribution in [0.1, 0.15) is 38.7 Å². The maximum Gasteiger partial charge on any atom is 0.309 e. The molecule has 0 amide bonds. The van der Waals surface area contributed by atoms with Gasteiger partial charge >= 0.3 is 5.97 Å². The largest absolute Gasteiger partial charge is 0.481 e. The van der Waals surface area contributed by atoms with Crippen LogP contribution in [0.4, 0.5) is 0 Å². The Morgan fingerprint density at radius 1 is 1.19 bits per heavy atom. The molecule has 2 atom stereocenters. The molecule has 2 N–H and O–H groups in total. The highest BCUT2D eigenvalue weighted by molar-refractivity contribution is 5.87. The van der Waals surface area contributed by atoms with Crippen LogP contribution in [0.2, 0.25) is 0 Å². The van der Waals surface area contributed by atoms with Gasteiger partial charge in [0.25, 0.3) is 0 Å². The van der Waals surface area contributed by atoms with Crippen molar-refractivity contribution in [2.75, 3.05) is 0 Å². The zero-order chi connectivity index (χ0) is 15.5. The smallest absolute Gasteiger partial charge is 0.309 e. The average Bonchev–Trinajstić information content (AvgIpc) is 2.46. The van der Waals surface area contributed by atoms with E-state index in [1.807, 2.05) is 49.4 Å². The summed E-state index contributed by atoms with van der Waals surface area (Å²) in [6.45, 7) is 3.63. The number of rotatable bonds is 6. The second kappa shape index (κ2) is 6.27. The van der Waals surface area contributed by atoms with Crippen molar-refractivity contribution in [3.8, 4) is 0 Å². The molecule has 0 aliphatic heterocycles. The molecular weight excluding hydrogens is 264 g/mol. The van der Waals surface area contributed by atoms with Gasteiger partial charge in [0.15, 0.2) is 0 Å². The van der Waals surface area contributed by atoms with E-state index in [0.717, 1.165) is 23.6 Å². The van der Waals surface area contributed by atoms with Gasteiger partial charge in [0, 0.05) is 0 Å². The van der Waals surface area contributed by atoms with Crippen LogP contribution >= 0.6 is 0 Å². The summed E-state index contributed by atoms with van der Waals surface area (Å²) in [4.78, 5) is 11.6. The lowest BCUT2D eigenvalue weighted by Gasteiger charge is -2.31. The maximum absolute atomic E-state index is 11.6. The number of fused-ring (bicyclic) bond motifs is 1. The average molecular weight is 286 g/mol. The summed E-state index contributed by atoms with van der Waals surface area (Å²) in [6.07, 6.45) is 2.18. The Balaban J connectivity index is 2.51. The van der Waals surface area contributed by atoms with Gasteiger partial charge in [-0.25, -0.2) is 0 Å². The number of hydrogen-bond acceptors (Lipinski definition) is 2. The number of hydrogen-bond donors (Lipinski definition) is 2. The van der Waals surface area contributed by atoms with Gasteiger partial charge in [-0.15, -0.1) is 0 Å². The van der Waals surface area contributed by atoms with Crippen molar-refractivity contribution < 1.29 is 15.0 Å². The third-order valence-electron chi connectivity index (χ3n) is 4.16. The summed E-state index contributed by atoms with van der Waals surface area (Å²) in [5, 5.41) is 22.4. The Hall–Kier alpha value is -1.87. The van der Waals surface area contributed by atoms with E-state index in [2.05, 4.69) is 0 Å². The van der Waals surface area contributed by atoms with Crippen molar-refractivity contribution in [3.63, 3.8) is 0 Å². The molecule has 0 aliphatic rings. The molecule has 2 aromatic carbocycles. The lowest BCUT2D eigenvalue weighted by molar-refractivity contribution is -0.152. The van der Waals surface area contributed by atoms with E-state index < -0.39 is 17.5 Å². The van der Waals surface area contributed by atoms with E-state index in [4.69, 9.17) is 0 Å². The first kappa shape index (κ1) is 15.5. The first-order valence-corrected chi connectivity index (χ1v) is 7.42. The van der Waals surface area contributed by atoms with Crippen molar-refractivity contribution >= 4 is 16.7 Å². The van der Waals surface area contributed by atoms with Crippen molar-refractivity contribution in [2.45, 2.75) is 38.7 Å². The second-order valence-corrected chi connectivity index (χ2v) is 5.71. The molecule has 21 heavy (non-hydrogen) atoms. The van der Waals surface area contributed by atoms with E-state index >= 15 is 0 Å². The number of benzene rings is 2. The zero-order valence-corrected chi connectivity index (χ0v) is 12.5. The number of carboxylic acid groups (broad SMARTS) is 1. The van der Waals surface area contributed by atoms with Gasteiger partial charge in [0.2, 0.25) is 0 Å². The predicted molar refractivity (Wildman–Crippen MR) is 84.2 cm³/mol. The fourth-order valence-corrected chi connectivity index (χ4v) is 2.91. The summed E-state index contributed by atoms with van der Waals surface area (Å²) in [5.41, 5.74) is -0.703. The van der Waals surface area contributed by atoms with E-state index in [-0.39, 0.29) is 0 Å². The number of carboxylic acids is 1. The van der Waals surface area contributed by atoms with Crippen LogP contribution in [-0.2, 0) is 10.4 Å². The minimum atomic E-state index is -1.39. The van der Waals surface area contributed by atoms with Crippen molar-refractivity contribution in [3.05, 3.63) is 48.0 Å². The van der Waals surface area contributed by atoms with Crippen LogP contribution in [0.25, 0.3) is 10.8 Å². The second-order valence-electron chi connectivity index (χ2n) is 5.71. The fourth-order valence-electron chi connectivity index (χ4n) is 2.91. The van der Waals surface area contributed by atoms with Crippen molar-refractivity contribution in [1.82, 2.24) is 0 Å². The highest BCUT2D eigenvalue weighted by Crippen LogP contribution is 2.37. The van der Waals surface area contributed by atoms with Gasteiger partial charge in [-0.1, -0.05) is 62.2 Å². The monoisotopic (exact) mass is 286 g/mol. The van der Waals surface area contributed by atoms with Crippen LogP contribution in [0, 0.1) is 5.92 Å². The Kier molecular flexibility index (Phi) is 4.63. The third-order valence-corrected chi connectivity index (χ3v) is 4.16. The van der Waals surface area contributed by atoms with Gasteiger partial charge in [-0.3, -0.25) is 4.79 Å². The molecule has 2 rings (SSSR count). The molecule has 2 aromatic rings. The summed E-state index contributed by atoms with van der Waals surface area (Å²) in [5.74, 6) is -1.75. The van der Waals surface area contributed by atoms with Gasteiger partial charge in [-0.05, 0) is 29.7 Å². The topological polar surface area (TPSA) is 57.5 Å². The Morgan fingerprint density at radius 3 is 2.52 bits per heavy atom. The van der Waals surface area contributed by atoms with E-state index in [9.17, 15) is 15.0 Å². The molecule has 0 bridgehead atoms. The normalized spacial score (nSPS) is 15.6. The molecule has 3 heteroatoms. The highest BCUT2D eigenvalue weighted by Gasteiger charge is 2.39. The van der Waals surface area contributed by atoms with Crippen molar-refractivity contribution in [2.24, 2.45) is 5.92 Å². The van der Waals surface area contributed by atoms with Crippen LogP contribution < -0.4 is 0 Å². The zero-order valence-electron chi connectivity index (χ0n) is 12.5. The van der Waals surface area contributed by atoms with Crippen LogP contribution in [0.3, 0.4) is 0 Å². The van der Waals surface area contributed by atoms with Gasteiger partial charge in [0.05, 0.1) is 5.92 Å². The minimum absolute atomic E-state index is 0.474. The lowest BCUT2D eigenvalue weighted by Crippen LogP contribution is -2.37. The molecule has 0 saturated carbocycles. The van der Waals surface area contributed by atoms with Crippen molar-refractivity contribution in [1.29, 1.82) is 0 Å². The van der Waals surface area contributed by atoms with Gasteiger partial charge in [-0.2, -0.15) is 0 Å². The SMILES string of the molecule is CCCCC(C(=O)O)C(C)(O)c1cccc2ccccc12. The minimum Gasteiger partial charge on any atom is -0.481 e. The molecule has 0 aliphatic carbocycles. The highest BCUT2D eigenvalue weighted by atomic mass is 16.4. The first-order valence-electron chi connectivity index (χ1n) is 7.42. The molecule has 0 fully saturated rings. The Bertz CT molecular complexity index is 626. The fraction of sp³-hybridized carbons (Fsp3) is 0.389. The molecule has 0 radical (unpaired) electrons. The third kappa shape index (κ3) is 3.08. The molecule has 112 valence electrons. The number of aliphatic hydroxyl groups is 1. The molecule has 0 saturated heterocycles. The predicted octanol–water partition coefficient (Wildman–Crippen LogP) is 3.94. The number of carbonyl (C=O) groups is 1. The Morgan fingerprint density at radius 2 is 1.86 bits per heavy atom. The standard InChI is InChI=1S/C18H22O3/c1-3-4-11-16(17(19)20)18(2,21)15-12-7-9-13-8-5-6-10-14(13)15/h5-10,12,16,21H,3-4,11H2,1-2H3,(H,19,20). The molecule has 0 aromatic heterocycles. The quantitative estimate of drug-likeness (QED) is 0.845. The summed E-state index contributed by atoms with van der Waals surface area (Å²) < 4.78 is 0. The molecule has 2 unspecified atom stereocenters. The summed E-state index contributed by atoms with van der Waals surface area (Å²) in [6, 6.07) is 13.4. The maximum atomic E-state index is 11.6. The van der Waals surface area contributed by atoms with E-state index in [1.165, 1.54) is 0 Å². The number of unbranched alkanes of at least 4 members (excludes halogenated alkanes) is 1.